The fourth-order valence-corrected chi connectivity index (χ4v) is 4.41. The number of nitrogens with zero attached hydrogens (tertiary/aromatic N) is 4. The van der Waals surface area contributed by atoms with E-state index in [0.717, 1.165) is 47.7 Å². The Morgan fingerprint density at radius 2 is 2.00 bits per heavy atom. The molecule has 1 fully saturated rings. The van der Waals surface area contributed by atoms with Gasteiger partial charge in [0.25, 0.3) is 0 Å². The predicted octanol–water partition coefficient (Wildman–Crippen LogP) is 4.04. The highest BCUT2D eigenvalue weighted by atomic mass is 32.1. The number of fused-ring (bicyclic) bond motifs is 1. The average Bonchev–Trinajstić information content (AvgIpc) is 3.43. The summed E-state index contributed by atoms with van der Waals surface area (Å²) in [6, 6.07) is 14.4. The molecule has 0 saturated carbocycles. The molecule has 4 heterocycles. The number of benzene rings is 1. The summed E-state index contributed by atoms with van der Waals surface area (Å²) >= 11 is 1.74. The van der Waals surface area contributed by atoms with Gasteiger partial charge in [0.2, 0.25) is 0 Å². The molecular formula is C22H22N4O2S. The van der Waals surface area contributed by atoms with Crippen LogP contribution in [0.15, 0.2) is 59.4 Å². The lowest BCUT2D eigenvalue weighted by molar-refractivity contribution is -0.0342. The van der Waals surface area contributed by atoms with Gasteiger partial charge in [-0.1, -0.05) is 23.4 Å². The Bertz CT molecular complexity index is 1090. The molecule has 6 nitrogen and oxygen atoms in total. The van der Waals surface area contributed by atoms with E-state index in [2.05, 4.69) is 44.2 Å². The lowest BCUT2D eigenvalue weighted by atomic mass is 10.1. The monoisotopic (exact) mass is 406 g/mol. The molecule has 1 saturated heterocycles. The van der Waals surface area contributed by atoms with Crippen molar-refractivity contribution in [3.05, 3.63) is 70.7 Å². The third kappa shape index (κ3) is 3.76. The van der Waals surface area contributed by atoms with Crippen LogP contribution in [0.2, 0.25) is 0 Å². The first-order valence-corrected chi connectivity index (χ1v) is 10.6. The van der Waals surface area contributed by atoms with Crippen LogP contribution in [0.25, 0.3) is 16.6 Å². The largest absolute Gasteiger partial charge is 0.497 e. The van der Waals surface area contributed by atoms with Gasteiger partial charge in [-0.05, 0) is 46.2 Å². The van der Waals surface area contributed by atoms with Crippen LogP contribution in [-0.2, 0) is 11.3 Å². The van der Waals surface area contributed by atoms with Crippen LogP contribution < -0.4 is 4.74 Å². The van der Waals surface area contributed by atoms with E-state index in [9.17, 15) is 0 Å². The second kappa shape index (κ2) is 7.94. The maximum absolute atomic E-state index is 6.05. The van der Waals surface area contributed by atoms with Crippen molar-refractivity contribution in [1.29, 1.82) is 0 Å². The van der Waals surface area contributed by atoms with Crippen molar-refractivity contribution in [1.82, 2.24) is 19.7 Å². The fraction of sp³-hybridized carbons (Fsp3) is 0.273. The van der Waals surface area contributed by atoms with Gasteiger partial charge >= 0.3 is 0 Å². The molecule has 0 spiro atoms. The van der Waals surface area contributed by atoms with Crippen LogP contribution in [0.1, 0.15) is 17.4 Å². The predicted molar refractivity (Wildman–Crippen MR) is 113 cm³/mol. The van der Waals surface area contributed by atoms with E-state index in [1.54, 1.807) is 18.4 Å². The van der Waals surface area contributed by atoms with Crippen LogP contribution in [0, 0.1) is 0 Å². The second-order valence-corrected chi connectivity index (χ2v) is 7.96. The summed E-state index contributed by atoms with van der Waals surface area (Å²) in [4.78, 5) is 2.42. The van der Waals surface area contributed by atoms with Crippen molar-refractivity contribution < 1.29 is 9.47 Å². The Morgan fingerprint density at radius 3 is 2.79 bits per heavy atom. The van der Waals surface area contributed by atoms with Gasteiger partial charge in [0.1, 0.15) is 17.5 Å². The van der Waals surface area contributed by atoms with Gasteiger partial charge in [-0.15, -0.1) is 5.10 Å². The van der Waals surface area contributed by atoms with Gasteiger partial charge in [0.05, 0.1) is 19.2 Å². The van der Waals surface area contributed by atoms with Gasteiger partial charge in [-0.2, -0.15) is 11.3 Å². The zero-order valence-electron chi connectivity index (χ0n) is 16.2. The molecule has 4 aromatic rings. The van der Waals surface area contributed by atoms with Gasteiger partial charge in [0, 0.05) is 31.4 Å². The van der Waals surface area contributed by atoms with E-state index in [0.29, 0.717) is 6.61 Å². The molecule has 0 radical (unpaired) electrons. The van der Waals surface area contributed by atoms with Gasteiger partial charge < -0.3 is 9.47 Å². The summed E-state index contributed by atoms with van der Waals surface area (Å²) in [7, 11) is 1.67. The number of thiophene rings is 1. The number of morpholine rings is 1. The molecule has 1 aliphatic rings. The highest BCUT2D eigenvalue weighted by molar-refractivity contribution is 7.07. The SMILES string of the molecule is COc1ccc(-c2ccc3c([C@@H]4CN(Cc5ccsc5)CCO4)nnn3c2)cc1. The highest BCUT2D eigenvalue weighted by Crippen LogP contribution is 2.28. The molecule has 5 rings (SSSR count). The summed E-state index contributed by atoms with van der Waals surface area (Å²) in [6.45, 7) is 3.42. The Hall–Kier alpha value is -2.74. The molecule has 1 atom stereocenters. The molecule has 3 aromatic heterocycles. The third-order valence-corrected chi connectivity index (χ3v) is 6.04. The molecule has 0 unspecified atom stereocenters. The third-order valence-electron chi connectivity index (χ3n) is 5.31. The summed E-state index contributed by atoms with van der Waals surface area (Å²) < 4.78 is 13.1. The Morgan fingerprint density at radius 1 is 1.14 bits per heavy atom. The van der Waals surface area contributed by atoms with Gasteiger partial charge in [-0.3, -0.25) is 4.90 Å². The zero-order chi connectivity index (χ0) is 19.6. The molecular weight excluding hydrogens is 384 g/mol. The fourth-order valence-electron chi connectivity index (χ4n) is 3.75. The summed E-state index contributed by atoms with van der Waals surface area (Å²) in [5.41, 5.74) is 5.44. The first-order valence-electron chi connectivity index (χ1n) is 9.64. The summed E-state index contributed by atoms with van der Waals surface area (Å²) in [5.74, 6) is 0.847. The van der Waals surface area contributed by atoms with Crippen molar-refractivity contribution in [2.45, 2.75) is 12.6 Å². The standard InChI is InChI=1S/C22H22N4O2S/c1-27-19-5-2-17(3-6-19)18-4-7-20-22(23-24-26(20)13-18)21-14-25(9-10-28-21)12-16-8-11-29-15-16/h2-8,11,13,15,21H,9-10,12,14H2,1H3/t21-/m0/s1. The first kappa shape index (κ1) is 18.3. The number of methoxy groups -OCH3 is 1. The minimum Gasteiger partial charge on any atom is -0.497 e. The Kier molecular flexibility index (Phi) is 5.01. The normalized spacial score (nSPS) is 17.6. The molecule has 1 aromatic carbocycles. The molecule has 7 heteroatoms. The molecule has 0 aliphatic carbocycles. The zero-order valence-corrected chi connectivity index (χ0v) is 17.0. The Balaban J connectivity index is 1.37. The highest BCUT2D eigenvalue weighted by Gasteiger charge is 2.26. The van der Waals surface area contributed by atoms with Gasteiger partial charge in [-0.25, -0.2) is 4.52 Å². The first-order chi connectivity index (χ1) is 14.3. The van der Waals surface area contributed by atoms with Crippen molar-refractivity contribution >= 4 is 16.9 Å². The maximum atomic E-state index is 6.05. The van der Waals surface area contributed by atoms with E-state index >= 15 is 0 Å². The van der Waals surface area contributed by atoms with Crippen molar-refractivity contribution in [2.75, 3.05) is 26.8 Å². The van der Waals surface area contributed by atoms with Crippen LogP contribution in [0.3, 0.4) is 0 Å². The van der Waals surface area contributed by atoms with E-state index in [1.165, 1.54) is 5.56 Å². The smallest absolute Gasteiger partial charge is 0.121 e. The number of hydrogen-bond acceptors (Lipinski definition) is 6. The van der Waals surface area contributed by atoms with Crippen LogP contribution in [0.4, 0.5) is 0 Å². The average molecular weight is 407 g/mol. The minimum absolute atomic E-state index is 0.0632. The molecule has 29 heavy (non-hydrogen) atoms. The number of pyridine rings is 1. The lowest BCUT2D eigenvalue weighted by Crippen LogP contribution is -2.37. The number of hydrogen-bond donors (Lipinski definition) is 0. The molecule has 0 bridgehead atoms. The molecule has 0 amide bonds. The van der Waals surface area contributed by atoms with Gasteiger partial charge in [0.15, 0.2) is 0 Å². The van der Waals surface area contributed by atoms with E-state index in [4.69, 9.17) is 9.47 Å². The van der Waals surface area contributed by atoms with Crippen molar-refractivity contribution in [2.24, 2.45) is 0 Å². The topological polar surface area (TPSA) is 51.9 Å². The number of rotatable bonds is 5. The summed E-state index contributed by atoms with van der Waals surface area (Å²) in [6.07, 6.45) is 1.95. The molecule has 0 N–H and O–H groups in total. The quantitative estimate of drug-likeness (QED) is 0.501. The second-order valence-electron chi connectivity index (χ2n) is 7.18. The van der Waals surface area contributed by atoms with E-state index in [1.807, 2.05) is 35.0 Å². The van der Waals surface area contributed by atoms with Crippen molar-refractivity contribution in [3.8, 4) is 16.9 Å². The van der Waals surface area contributed by atoms with E-state index in [-0.39, 0.29) is 6.10 Å². The Labute approximate surface area is 173 Å². The van der Waals surface area contributed by atoms with Crippen molar-refractivity contribution in [3.63, 3.8) is 0 Å². The van der Waals surface area contributed by atoms with Crippen LogP contribution >= 0.6 is 11.3 Å². The van der Waals surface area contributed by atoms with E-state index < -0.39 is 0 Å². The molecule has 1 aliphatic heterocycles. The van der Waals surface area contributed by atoms with Crippen LogP contribution in [-0.4, -0.2) is 46.5 Å². The number of ether oxygens (including phenoxy) is 2. The van der Waals surface area contributed by atoms with Crippen LogP contribution in [0.5, 0.6) is 5.75 Å². The number of aromatic nitrogens is 3. The molecule has 148 valence electrons. The summed E-state index contributed by atoms with van der Waals surface area (Å²) in [5, 5.41) is 13.1. The minimum atomic E-state index is -0.0632. The maximum Gasteiger partial charge on any atom is 0.121 e. The lowest BCUT2D eigenvalue weighted by Gasteiger charge is -2.31.